The van der Waals surface area contributed by atoms with Crippen LogP contribution in [0.15, 0.2) is 175 Å². The standard InChI is InChI=1S/C56H52F6N12O2S2/c1-35-9-10-41(28-50(35)74-38(4)32-78-54(74)72-70-30-40-13-17-43(18-14-40)52(64)68-34-66-45-21-25-47(26-22-45)76-56(60,61)62)27-36(2)48-7-5-6-8-49(48)73-37(3)31-77-53(73)71-69-29-39-11-15-42(16-12-39)51(63)67-33-65-44-19-23-46(24-20-44)75-55(57,58)59/h5-26,28-30,33-34,36-38H,27,31-32H2,1-4H3,(H4,63,64,65,66,67,68)/p+1/b69-29+,70-30+,71-53-. The summed E-state index contributed by atoms with van der Waals surface area (Å²) >= 11 is 3.37. The second-order valence-electron chi connectivity index (χ2n) is 18.0. The zero-order chi connectivity index (χ0) is 55.4. The zero-order valence-electron chi connectivity index (χ0n) is 42.5. The number of para-hydroxylation sites is 1. The monoisotopic (exact) mass is 1100 g/mol. The van der Waals surface area contributed by atoms with E-state index in [9.17, 15) is 26.3 Å². The van der Waals surface area contributed by atoms with Crippen molar-refractivity contribution < 1.29 is 40.4 Å². The van der Waals surface area contributed by atoms with Crippen molar-refractivity contribution in [2.24, 2.45) is 46.7 Å². The van der Waals surface area contributed by atoms with E-state index in [1.807, 2.05) is 36.4 Å². The Morgan fingerprint density at radius 3 is 1.83 bits per heavy atom. The highest BCUT2D eigenvalue weighted by molar-refractivity contribution is 8.14. The highest BCUT2D eigenvalue weighted by Gasteiger charge is 2.34. The van der Waals surface area contributed by atoms with E-state index >= 15 is 0 Å². The average molecular weight is 1100 g/mol. The van der Waals surface area contributed by atoms with Gasteiger partial charge in [0, 0.05) is 34.4 Å². The fourth-order valence-corrected chi connectivity index (χ4v) is 10.4. The second-order valence-corrected chi connectivity index (χ2v) is 20.0. The predicted octanol–water partition coefficient (Wildman–Crippen LogP) is 12.4. The molecule has 3 unspecified atom stereocenters. The first-order chi connectivity index (χ1) is 37.4. The van der Waals surface area contributed by atoms with Gasteiger partial charge in [0.15, 0.2) is 5.17 Å². The minimum atomic E-state index is -4.78. The molecule has 0 aromatic heterocycles. The van der Waals surface area contributed by atoms with E-state index in [-0.39, 0.29) is 41.2 Å². The molecule has 5 N–H and O–H groups in total. The number of hydrogen-bond donors (Lipinski definition) is 3. The summed E-state index contributed by atoms with van der Waals surface area (Å²) in [4.78, 5) is 18.9. The van der Waals surface area contributed by atoms with Crippen LogP contribution in [0, 0.1) is 6.92 Å². The van der Waals surface area contributed by atoms with Gasteiger partial charge in [-0.1, -0.05) is 103 Å². The number of benzene rings is 6. The largest absolute Gasteiger partial charge is 0.573 e. The third-order valence-electron chi connectivity index (χ3n) is 12.1. The maximum Gasteiger partial charge on any atom is 0.573 e. The second kappa shape index (κ2) is 25.3. The molecular weight excluding hydrogens is 1050 g/mol. The van der Waals surface area contributed by atoms with Crippen LogP contribution in [0.2, 0.25) is 0 Å². The van der Waals surface area contributed by atoms with Gasteiger partial charge in [0.05, 0.1) is 23.8 Å². The topological polar surface area (TPSA) is 175 Å². The van der Waals surface area contributed by atoms with Crippen LogP contribution in [0.1, 0.15) is 65.6 Å². The van der Waals surface area contributed by atoms with Crippen LogP contribution in [0.25, 0.3) is 0 Å². The van der Waals surface area contributed by atoms with Crippen LogP contribution in [-0.4, -0.2) is 88.0 Å². The van der Waals surface area contributed by atoms with E-state index in [2.05, 4.69) is 125 Å². The summed E-state index contributed by atoms with van der Waals surface area (Å²) in [6, 6.07) is 40.3. The average Bonchev–Trinajstić information content (AvgIpc) is 4.01. The first-order valence-corrected chi connectivity index (χ1v) is 26.3. The molecule has 3 atom stereocenters. The van der Waals surface area contributed by atoms with E-state index in [0.717, 1.165) is 68.5 Å². The number of anilines is 1. The number of nitrogens with one attached hydrogen (secondary N) is 1. The summed E-state index contributed by atoms with van der Waals surface area (Å²) in [6.45, 7) is 8.77. The number of nitrogens with zero attached hydrogens (tertiary/aromatic N) is 9. The van der Waals surface area contributed by atoms with Gasteiger partial charge in [-0.2, -0.15) is 5.10 Å². The van der Waals surface area contributed by atoms with Gasteiger partial charge >= 0.3 is 17.9 Å². The normalized spacial score (nSPS) is 17.7. The molecule has 0 aliphatic carbocycles. The van der Waals surface area contributed by atoms with Crippen molar-refractivity contribution in [1.82, 2.24) is 5.43 Å². The summed E-state index contributed by atoms with van der Waals surface area (Å²) in [5, 5.41) is 15.5. The number of hydrazone groups is 1. The fourth-order valence-electron chi connectivity index (χ4n) is 8.27. The lowest BCUT2D eigenvalue weighted by atomic mass is 9.91. The number of halogens is 6. The van der Waals surface area contributed by atoms with Crippen molar-refractivity contribution in [3.8, 4) is 11.5 Å². The molecule has 2 aliphatic rings. The lowest BCUT2D eigenvalue weighted by Crippen LogP contribution is -2.32. The molecule has 1 fully saturated rings. The van der Waals surface area contributed by atoms with Gasteiger partial charge in [-0.25, -0.2) is 24.5 Å². The molecule has 0 spiro atoms. The number of thioether (sulfide) groups is 2. The Labute approximate surface area is 455 Å². The number of aliphatic imine (C=N–C) groups is 4. The van der Waals surface area contributed by atoms with Crippen molar-refractivity contribution >= 4 is 93.4 Å². The third-order valence-corrected chi connectivity index (χ3v) is 14.5. The van der Waals surface area contributed by atoms with Gasteiger partial charge < -0.3 is 25.8 Å². The summed E-state index contributed by atoms with van der Waals surface area (Å²) in [5.74, 6) is 1.61. The van der Waals surface area contributed by atoms with Gasteiger partial charge in [0.25, 0.3) is 0 Å². The lowest BCUT2D eigenvalue weighted by Gasteiger charge is -2.27. The predicted molar refractivity (Wildman–Crippen MR) is 304 cm³/mol. The van der Waals surface area contributed by atoms with Crippen LogP contribution in [0.3, 0.4) is 0 Å². The summed E-state index contributed by atoms with van der Waals surface area (Å²) in [5.41, 5.74) is 25.1. The fraction of sp³-hybridized carbons (Fsp3) is 0.214. The molecular formula is C56H53F6N12O2S2+. The molecule has 1 saturated heterocycles. The van der Waals surface area contributed by atoms with Gasteiger partial charge in [0.1, 0.15) is 47.6 Å². The van der Waals surface area contributed by atoms with Gasteiger partial charge in [-0.15, -0.1) is 36.9 Å². The Balaban J connectivity index is 0.886. The van der Waals surface area contributed by atoms with Crippen LogP contribution >= 0.6 is 23.5 Å². The molecule has 6 aromatic carbocycles. The summed E-state index contributed by atoms with van der Waals surface area (Å²) in [7, 11) is 0. The van der Waals surface area contributed by atoms with Crippen LogP contribution in [-0.2, 0) is 6.42 Å². The number of nitrogens with two attached hydrogens (primary N) is 2. The van der Waals surface area contributed by atoms with Gasteiger partial charge in [-0.3, -0.25) is 0 Å². The molecule has 2 aliphatic heterocycles. The Morgan fingerprint density at radius 1 is 0.718 bits per heavy atom. The number of aryl methyl sites for hydroxylation is 1. The molecule has 22 heteroatoms. The Hall–Kier alpha value is -8.24. The van der Waals surface area contributed by atoms with E-state index in [1.54, 1.807) is 48.1 Å². The van der Waals surface area contributed by atoms with E-state index in [0.29, 0.717) is 22.5 Å². The summed E-state index contributed by atoms with van der Waals surface area (Å²) in [6.07, 6.45) is -2.87. The maximum absolute atomic E-state index is 12.5. The molecule has 0 saturated carbocycles. The Kier molecular flexibility index (Phi) is 18.1. The van der Waals surface area contributed by atoms with Gasteiger partial charge in [0.2, 0.25) is 0 Å². The van der Waals surface area contributed by atoms with E-state index in [1.165, 1.54) is 60.2 Å². The third kappa shape index (κ3) is 15.5. The molecule has 2 heterocycles. The van der Waals surface area contributed by atoms with Crippen molar-refractivity contribution in [2.45, 2.75) is 64.8 Å². The van der Waals surface area contributed by atoms with Crippen LogP contribution < -0.4 is 31.3 Å². The van der Waals surface area contributed by atoms with Crippen LogP contribution in [0.4, 0.5) is 49.1 Å². The lowest BCUT2D eigenvalue weighted by molar-refractivity contribution is -0.470. The highest BCUT2D eigenvalue weighted by atomic mass is 32.2. The Bertz CT molecular complexity index is 3310. The number of hydrogen-bond acceptors (Lipinski definition) is 10. The van der Waals surface area contributed by atoms with Crippen molar-refractivity contribution in [2.75, 3.05) is 16.4 Å². The molecule has 402 valence electrons. The summed E-state index contributed by atoms with van der Waals surface area (Å²) < 4.78 is 84.9. The number of rotatable bonds is 17. The minimum absolute atomic E-state index is 0.155. The molecule has 14 nitrogen and oxygen atoms in total. The van der Waals surface area contributed by atoms with Crippen molar-refractivity contribution in [3.63, 3.8) is 0 Å². The van der Waals surface area contributed by atoms with E-state index in [4.69, 9.17) is 16.6 Å². The first-order valence-electron chi connectivity index (χ1n) is 24.3. The maximum atomic E-state index is 12.5. The minimum Gasteiger partial charge on any atom is -0.406 e. The number of alkyl halides is 6. The smallest absolute Gasteiger partial charge is 0.406 e. The number of amidine groups is 4. The molecule has 0 radical (unpaired) electrons. The first kappa shape index (κ1) is 56.0. The number of ether oxygens (including phenoxy) is 2. The van der Waals surface area contributed by atoms with Crippen molar-refractivity contribution in [1.29, 1.82) is 0 Å². The van der Waals surface area contributed by atoms with Crippen LogP contribution in [0.5, 0.6) is 11.5 Å². The molecule has 0 bridgehead atoms. The van der Waals surface area contributed by atoms with Gasteiger partial charge in [-0.05, 0) is 133 Å². The highest BCUT2D eigenvalue weighted by Crippen LogP contribution is 2.38. The zero-order valence-corrected chi connectivity index (χ0v) is 44.2. The molecule has 8 rings (SSSR count). The molecule has 6 aromatic rings. The SMILES string of the molecule is Cc1ccc(CC(C)c2ccccc2N2/C(=N/N=C/c3ccc(C(N)=NC=Nc4ccc(OC(F)(F)F)cc4)cc3)SCC2C)cc1[N+]1=C(N/N=C/c2ccc(C(N)=NC=Nc3ccc(OC(F)(F)F)cc3)cc2)SCC1C. The van der Waals surface area contributed by atoms with E-state index < -0.39 is 12.7 Å². The molecule has 78 heavy (non-hydrogen) atoms. The Morgan fingerprint density at radius 2 is 1.27 bits per heavy atom. The molecule has 0 amide bonds. The van der Waals surface area contributed by atoms with Crippen molar-refractivity contribution in [3.05, 3.63) is 178 Å². The quantitative estimate of drug-likeness (QED) is 0.0266.